The average molecular weight is 669 g/mol. The molecule has 260 valence electrons. The molecule has 49 heavy (non-hydrogen) atoms. The quantitative estimate of drug-likeness (QED) is 0.252. The summed E-state index contributed by atoms with van der Waals surface area (Å²) in [7, 11) is 0. The molecule has 4 aromatic rings. The van der Waals surface area contributed by atoms with E-state index in [1.54, 1.807) is 29.7 Å². The summed E-state index contributed by atoms with van der Waals surface area (Å²) in [6.45, 7) is 18.6. The van der Waals surface area contributed by atoms with Crippen molar-refractivity contribution in [3.05, 3.63) is 96.1 Å². The molecule has 2 aromatic heterocycles. The monoisotopic (exact) mass is 668 g/mol. The molecule has 0 saturated carbocycles. The van der Waals surface area contributed by atoms with E-state index in [1.165, 1.54) is 23.8 Å². The molecule has 0 unspecified atom stereocenters. The van der Waals surface area contributed by atoms with E-state index in [-0.39, 0.29) is 6.09 Å². The predicted molar refractivity (Wildman–Crippen MR) is 188 cm³/mol. The van der Waals surface area contributed by atoms with E-state index >= 15 is 0 Å². The lowest BCUT2D eigenvalue weighted by Crippen LogP contribution is -2.49. The van der Waals surface area contributed by atoms with Crippen LogP contribution in [-0.4, -0.2) is 98.7 Å². The normalized spacial score (nSPS) is 15.6. The van der Waals surface area contributed by atoms with Crippen LogP contribution in [0.3, 0.4) is 0 Å². The minimum atomic E-state index is -0.469. The van der Waals surface area contributed by atoms with Crippen molar-refractivity contribution in [1.82, 2.24) is 40.0 Å². The van der Waals surface area contributed by atoms with Gasteiger partial charge < -0.3 is 24.4 Å². The second-order valence-corrected chi connectivity index (χ2v) is 13.3. The van der Waals surface area contributed by atoms with Crippen LogP contribution in [0, 0.1) is 13.8 Å². The third-order valence-electron chi connectivity index (χ3n) is 8.00. The third kappa shape index (κ3) is 11.5. The maximum Gasteiger partial charge on any atom is 0.410 e. The zero-order valence-electron chi connectivity index (χ0n) is 29.3. The molecule has 0 spiro atoms. The molecule has 12 heteroatoms. The Hall–Kier alpha value is -4.65. The molecule has 2 aliphatic heterocycles. The molecule has 4 heterocycles. The number of carbonyl (C=O) groups excluding carboxylic acids is 1. The van der Waals surface area contributed by atoms with Gasteiger partial charge in [0.05, 0.1) is 24.8 Å². The van der Waals surface area contributed by atoms with Crippen molar-refractivity contribution in [2.75, 3.05) is 52.4 Å². The minimum absolute atomic E-state index is 0.240. The second-order valence-electron chi connectivity index (χ2n) is 13.3. The molecular formula is C37H48N8O4. The molecule has 2 fully saturated rings. The fourth-order valence-electron chi connectivity index (χ4n) is 5.47. The zero-order valence-corrected chi connectivity index (χ0v) is 29.3. The Morgan fingerprint density at radius 2 is 1.14 bits per heavy atom. The van der Waals surface area contributed by atoms with Crippen molar-refractivity contribution in [1.29, 1.82) is 0 Å². The molecule has 2 aliphatic rings. The Kier molecular flexibility index (Phi) is 12.5. The van der Waals surface area contributed by atoms with Crippen LogP contribution >= 0.6 is 0 Å². The standard InChI is InChI=1S/C21H28N4O3.C16H20N4O/c1-16-5-6-17(19(11-16)27-18-12-22-15-23-13-18)14-24-7-9-25(10-8-24)20(26)28-21(2,3)4;1-13-2-3-14(11-20-6-4-17-5-7-20)16(8-13)21-15-9-18-12-19-10-15/h5-6,11-13,15H,7-10,14H2,1-4H3;2-3,8-10,12,17H,4-7,11H2,1H3. The van der Waals surface area contributed by atoms with Gasteiger partial charge in [0, 0.05) is 76.6 Å². The average Bonchev–Trinajstić information content (AvgIpc) is 3.08. The summed E-state index contributed by atoms with van der Waals surface area (Å²) in [6.07, 6.45) is 9.42. The van der Waals surface area contributed by atoms with Gasteiger partial charge in [0.2, 0.25) is 0 Å². The second kappa shape index (κ2) is 17.1. The van der Waals surface area contributed by atoms with E-state index in [0.29, 0.717) is 24.6 Å². The molecule has 0 atom stereocenters. The first-order valence-corrected chi connectivity index (χ1v) is 16.8. The first kappa shape index (κ1) is 35.7. The van der Waals surface area contributed by atoms with Crippen LogP contribution in [0.5, 0.6) is 23.0 Å². The van der Waals surface area contributed by atoms with Gasteiger partial charge in [-0.25, -0.2) is 24.7 Å². The van der Waals surface area contributed by atoms with Crippen molar-refractivity contribution in [2.24, 2.45) is 0 Å². The fourth-order valence-corrected chi connectivity index (χ4v) is 5.47. The lowest BCUT2D eigenvalue weighted by molar-refractivity contribution is 0.0138. The molecule has 1 amide bonds. The summed E-state index contributed by atoms with van der Waals surface area (Å²) in [5.74, 6) is 2.99. The van der Waals surface area contributed by atoms with Gasteiger partial charge in [-0.05, 0) is 57.9 Å². The number of carbonyl (C=O) groups is 1. The van der Waals surface area contributed by atoms with Crippen LogP contribution < -0.4 is 14.8 Å². The van der Waals surface area contributed by atoms with Crippen LogP contribution in [0.1, 0.15) is 43.0 Å². The van der Waals surface area contributed by atoms with E-state index in [2.05, 4.69) is 72.3 Å². The molecule has 2 saturated heterocycles. The van der Waals surface area contributed by atoms with Crippen molar-refractivity contribution in [3.8, 4) is 23.0 Å². The van der Waals surface area contributed by atoms with Crippen LogP contribution in [0.15, 0.2) is 73.8 Å². The minimum Gasteiger partial charge on any atom is -0.454 e. The first-order chi connectivity index (χ1) is 23.6. The smallest absolute Gasteiger partial charge is 0.410 e. The summed E-state index contributed by atoms with van der Waals surface area (Å²) < 4.78 is 17.4. The highest BCUT2D eigenvalue weighted by atomic mass is 16.6. The lowest BCUT2D eigenvalue weighted by Gasteiger charge is -2.35. The Bertz CT molecular complexity index is 1620. The maximum absolute atomic E-state index is 12.2. The van der Waals surface area contributed by atoms with Crippen LogP contribution in [-0.2, 0) is 17.8 Å². The summed E-state index contributed by atoms with van der Waals surface area (Å²) in [6, 6.07) is 12.6. The van der Waals surface area contributed by atoms with Crippen molar-refractivity contribution in [3.63, 3.8) is 0 Å². The number of benzene rings is 2. The molecular weight excluding hydrogens is 620 g/mol. The van der Waals surface area contributed by atoms with Gasteiger partial charge in [-0.1, -0.05) is 24.3 Å². The number of rotatable bonds is 8. The molecule has 1 N–H and O–H groups in total. The van der Waals surface area contributed by atoms with Gasteiger partial charge in [-0.2, -0.15) is 0 Å². The van der Waals surface area contributed by atoms with Gasteiger partial charge in [-0.3, -0.25) is 9.80 Å². The maximum atomic E-state index is 12.2. The lowest BCUT2D eigenvalue weighted by atomic mass is 10.1. The number of hydrogen-bond donors (Lipinski definition) is 1. The van der Waals surface area contributed by atoms with E-state index in [4.69, 9.17) is 14.2 Å². The SMILES string of the molecule is Cc1ccc(CN2CCN(C(=O)OC(C)(C)C)CC2)c(Oc2cncnc2)c1.Cc1ccc(CN2CCNCC2)c(Oc2cncnc2)c1. The Labute approximate surface area is 289 Å². The van der Waals surface area contributed by atoms with Gasteiger partial charge in [0.25, 0.3) is 0 Å². The van der Waals surface area contributed by atoms with E-state index in [9.17, 15) is 4.79 Å². The van der Waals surface area contributed by atoms with Gasteiger partial charge in [0.1, 0.15) is 29.8 Å². The molecule has 6 rings (SSSR count). The van der Waals surface area contributed by atoms with E-state index in [1.807, 2.05) is 33.8 Å². The first-order valence-electron chi connectivity index (χ1n) is 16.8. The highest BCUT2D eigenvalue weighted by Crippen LogP contribution is 2.28. The number of ether oxygens (including phenoxy) is 3. The molecule has 12 nitrogen and oxygen atoms in total. The molecule has 2 aromatic carbocycles. The number of nitrogens with one attached hydrogen (secondary N) is 1. The predicted octanol–water partition coefficient (Wildman–Crippen LogP) is 5.61. The van der Waals surface area contributed by atoms with E-state index in [0.717, 1.165) is 75.0 Å². The summed E-state index contributed by atoms with van der Waals surface area (Å²) in [4.78, 5) is 34.8. The number of aromatic nitrogens is 4. The highest BCUT2D eigenvalue weighted by Gasteiger charge is 2.26. The fraction of sp³-hybridized carbons (Fsp3) is 0.432. The third-order valence-corrected chi connectivity index (χ3v) is 8.00. The summed E-state index contributed by atoms with van der Waals surface area (Å²) in [5.41, 5.74) is 4.14. The van der Waals surface area contributed by atoms with Gasteiger partial charge in [-0.15, -0.1) is 0 Å². The number of hydrogen-bond acceptors (Lipinski definition) is 11. The molecule has 0 aliphatic carbocycles. The van der Waals surface area contributed by atoms with Crippen LogP contribution in [0.4, 0.5) is 4.79 Å². The summed E-state index contributed by atoms with van der Waals surface area (Å²) >= 11 is 0. The number of nitrogens with zero attached hydrogens (tertiary/aromatic N) is 7. The van der Waals surface area contributed by atoms with Crippen LogP contribution in [0.2, 0.25) is 0 Å². The highest BCUT2D eigenvalue weighted by molar-refractivity contribution is 5.68. The zero-order chi connectivity index (χ0) is 34.6. The molecule has 0 bridgehead atoms. The van der Waals surface area contributed by atoms with Crippen molar-refractivity contribution in [2.45, 2.75) is 53.3 Å². The Morgan fingerprint density at radius 3 is 1.59 bits per heavy atom. The molecule has 0 radical (unpaired) electrons. The van der Waals surface area contributed by atoms with Crippen molar-refractivity contribution >= 4 is 6.09 Å². The number of piperazine rings is 2. The number of aryl methyl sites for hydroxylation is 2. The van der Waals surface area contributed by atoms with Gasteiger partial charge in [0.15, 0.2) is 11.5 Å². The van der Waals surface area contributed by atoms with E-state index < -0.39 is 5.60 Å². The van der Waals surface area contributed by atoms with Gasteiger partial charge >= 0.3 is 6.09 Å². The topological polar surface area (TPSA) is 118 Å². The largest absolute Gasteiger partial charge is 0.454 e. The number of amides is 1. The summed E-state index contributed by atoms with van der Waals surface area (Å²) in [5, 5.41) is 3.37. The van der Waals surface area contributed by atoms with Crippen LogP contribution in [0.25, 0.3) is 0 Å². The Morgan fingerprint density at radius 1 is 0.694 bits per heavy atom. The Balaban J connectivity index is 0.000000199. The van der Waals surface area contributed by atoms with Crippen molar-refractivity contribution < 1.29 is 19.0 Å².